The third-order valence-corrected chi connectivity index (χ3v) is 3.57. The van der Waals surface area contributed by atoms with E-state index < -0.39 is 5.91 Å². The smallest absolute Gasteiger partial charge is 0.276 e. The van der Waals surface area contributed by atoms with Crippen molar-refractivity contribution in [3.05, 3.63) is 57.2 Å². The van der Waals surface area contributed by atoms with Gasteiger partial charge in [0.05, 0.1) is 5.02 Å². The van der Waals surface area contributed by atoms with E-state index in [9.17, 15) is 9.59 Å². The third-order valence-electron chi connectivity index (χ3n) is 3.26. The number of hydrogen-bond donors (Lipinski definition) is 2. The Morgan fingerprint density at radius 2 is 2.08 bits per heavy atom. The molecule has 2 N–H and O–H groups in total. The van der Waals surface area contributed by atoms with Crippen LogP contribution in [0.25, 0.3) is 11.4 Å². The highest BCUT2D eigenvalue weighted by molar-refractivity contribution is 6.33. The molecule has 0 spiro atoms. The second kappa shape index (κ2) is 6.25. The van der Waals surface area contributed by atoms with Crippen molar-refractivity contribution in [2.75, 3.05) is 5.32 Å². The zero-order chi connectivity index (χ0) is 17.3. The minimum Gasteiger partial charge on any atom is -0.321 e. The number of rotatable bonds is 3. The van der Waals surface area contributed by atoms with Crippen molar-refractivity contribution in [2.24, 2.45) is 7.05 Å². The molecule has 0 aliphatic heterocycles. The number of carbonyl (C=O) groups excluding carboxylic acids is 1. The number of aryl methyl sites for hydroxylation is 2. The van der Waals surface area contributed by atoms with Gasteiger partial charge >= 0.3 is 0 Å². The molecule has 3 rings (SSSR count). The normalized spacial score (nSPS) is 10.6. The van der Waals surface area contributed by atoms with Crippen molar-refractivity contribution in [1.29, 1.82) is 0 Å². The highest BCUT2D eigenvalue weighted by atomic mass is 35.5. The van der Waals surface area contributed by atoms with Crippen LogP contribution in [0.3, 0.4) is 0 Å². The molecule has 9 heteroatoms. The summed E-state index contributed by atoms with van der Waals surface area (Å²) < 4.78 is 1.09. The number of amides is 1. The molecular formula is C15H13ClN6O2. The maximum atomic E-state index is 12.2. The van der Waals surface area contributed by atoms with Crippen molar-refractivity contribution in [2.45, 2.75) is 6.92 Å². The predicted octanol–water partition coefficient (Wildman–Crippen LogP) is 1.78. The Bertz CT molecular complexity index is 978. The lowest BCUT2D eigenvalue weighted by molar-refractivity contribution is 0.102. The molecule has 0 radical (unpaired) electrons. The van der Waals surface area contributed by atoms with Crippen LogP contribution < -0.4 is 10.9 Å². The van der Waals surface area contributed by atoms with E-state index in [4.69, 9.17) is 11.6 Å². The summed E-state index contributed by atoms with van der Waals surface area (Å²) in [6.45, 7) is 1.79. The number of H-pyrrole nitrogens is 1. The van der Waals surface area contributed by atoms with Gasteiger partial charge in [-0.05, 0) is 31.2 Å². The average Bonchev–Trinajstić information content (AvgIpc) is 2.96. The highest BCUT2D eigenvalue weighted by Gasteiger charge is 2.12. The summed E-state index contributed by atoms with van der Waals surface area (Å²) in [5.41, 5.74) is 0.985. The molecule has 0 saturated heterocycles. The largest absolute Gasteiger partial charge is 0.321 e. The van der Waals surface area contributed by atoms with Gasteiger partial charge in [-0.2, -0.15) is 10.2 Å². The summed E-state index contributed by atoms with van der Waals surface area (Å²) in [6.07, 6.45) is 0. The second-order valence-electron chi connectivity index (χ2n) is 5.07. The number of aromatic amines is 1. The molecule has 8 nitrogen and oxygen atoms in total. The van der Waals surface area contributed by atoms with Crippen LogP contribution in [0.1, 0.15) is 16.3 Å². The summed E-state index contributed by atoms with van der Waals surface area (Å²) in [4.78, 5) is 27.7. The number of nitrogens with zero attached hydrogens (tertiary/aromatic N) is 4. The van der Waals surface area contributed by atoms with Crippen LogP contribution >= 0.6 is 11.6 Å². The van der Waals surface area contributed by atoms with Crippen LogP contribution in [0.2, 0.25) is 5.02 Å². The maximum Gasteiger partial charge on any atom is 0.276 e. The standard InChI is InChI=1S/C15H13ClN6O2/c1-8-17-14(20-19-8)10-4-3-9(7-11(10)16)18-15(24)12-5-6-13(23)22(2)21-12/h3-7H,1-2H3,(H,18,24)(H,17,19,20). The number of hydrogen-bond acceptors (Lipinski definition) is 5. The molecule has 0 unspecified atom stereocenters. The van der Waals surface area contributed by atoms with E-state index >= 15 is 0 Å². The minimum absolute atomic E-state index is 0.127. The first-order valence-electron chi connectivity index (χ1n) is 6.98. The SMILES string of the molecule is Cc1nc(-c2ccc(NC(=O)c3ccc(=O)n(C)n3)cc2Cl)n[nH]1. The fourth-order valence-electron chi connectivity index (χ4n) is 2.06. The molecule has 0 aliphatic rings. The number of carbonyl (C=O) groups is 1. The molecule has 122 valence electrons. The van der Waals surface area contributed by atoms with Crippen molar-refractivity contribution in [3.8, 4) is 11.4 Å². The minimum atomic E-state index is -0.442. The van der Waals surface area contributed by atoms with Gasteiger partial charge in [-0.3, -0.25) is 14.7 Å². The summed E-state index contributed by atoms with van der Waals surface area (Å²) in [5.74, 6) is 0.720. The van der Waals surface area contributed by atoms with E-state index in [0.717, 1.165) is 4.68 Å². The van der Waals surface area contributed by atoms with Crippen molar-refractivity contribution >= 4 is 23.2 Å². The molecule has 24 heavy (non-hydrogen) atoms. The zero-order valence-electron chi connectivity index (χ0n) is 12.9. The van der Waals surface area contributed by atoms with E-state index in [-0.39, 0.29) is 11.3 Å². The maximum absolute atomic E-state index is 12.2. The van der Waals surface area contributed by atoms with Crippen molar-refractivity contribution < 1.29 is 4.79 Å². The van der Waals surface area contributed by atoms with E-state index in [0.29, 0.717) is 27.9 Å². The molecule has 3 aromatic rings. The lowest BCUT2D eigenvalue weighted by Crippen LogP contribution is -2.23. The van der Waals surface area contributed by atoms with Gasteiger partial charge in [-0.25, -0.2) is 9.67 Å². The van der Waals surface area contributed by atoms with Crippen LogP contribution in [0.5, 0.6) is 0 Å². The van der Waals surface area contributed by atoms with Gasteiger partial charge in [-0.15, -0.1) is 0 Å². The number of halogens is 1. The molecule has 0 bridgehead atoms. The summed E-state index contributed by atoms with van der Waals surface area (Å²) >= 11 is 6.24. The van der Waals surface area contributed by atoms with Gasteiger partial charge in [0.15, 0.2) is 5.82 Å². The monoisotopic (exact) mass is 344 g/mol. The first-order chi connectivity index (χ1) is 11.4. The Morgan fingerprint density at radius 3 is 2.71 bits per heavy atom. The fraction of sp³-hybridized carbons (Fsp3) is 0.133. The van der Waals surface area contributed by atoms with Crippen LogP contribution in [-0.2, 0) is 7.05 Å². The quantitative estimate of drug-likeness (QED) is 0.753. The first-order valence-corrected chi connectivity index (χ1v) is 7.36. The van der Waals surface area contributed by atoms with Gasteiger partial charge in [0, 0.05) is 24.4 Å². The highest BCUT2D eigenvalue weighted by Crippen LogP contribution is 2.28. The van der Waals surface area contributed by atoms with Crippen molar-refractivity contribution in [3.63, 3.8) is 0 Å². The average molecular weight is 345 g/mol. The molecule has 0 fully saturated rings. The van der Waals surface area contributed by atoms with Crippen LogP contribution in [0, 0.1) is 6.92 Å². The van der Waals surface area contributed by atoms with E-state index in [1.807, 2.05) is 0 Å². The third kappa shape index (κ3) is 3.18. The Morgan fingerprint density at radius 1 is 1.29 bits per heavy atom. The Balaban J connectivity index is 1.83. The summed E-state index contributed by atoms with van der Waals surface area (Å²) in [7, 11) is 1.48. The second-order valence-corrected chi connectivity index (χ2v) is 5.48. The number of aromatic nitrogens is 5. The van der Waals surface area contributed by atoms with E-state index in [1.54, 1.807) is 25.1 Å². The topological polar surface area (TPSA) is 106 Å². The van der Waals surface area contributed by atoms with Gasteiger partial charge in [-0.1, -0.05) is 11.6 Å². The molecule has 0 saturated carbocycles. The van der Waals surface area contributed by atoms with E-state index in [2.05, 4.69) is 25.6 Å². The van der Waals surface area contributed by atoms with E-state index in [1.165, 1.54) is 19.2 Å². The Kier molecular flexibility index (Phi) is 4.13. The lowest BCUT2D eigenvalue weighted by Gasteiger charge is -2.07. The number of benzene rings is 1. The lowest BCUT2D eigenvalue weighted by atomic mass is 10.2. The molecule has 1 amide bonds. The number of nitrogens with one attached hydrogen (secondary N) is 2. The summed E-state index contributed by atoms with van der Waals surface area (Å²) in [5, 5.41) is 13.8. The molecule has 0 aliphatic carbocycles. The fourth-order valence-corrected chi connectivity index (χ4v) is 2.32. The predicted molar refractivity (Wildman–Crippen MR) is 89.0 cm³/mol. The van der Waals surface area contributed by atoms with Gasteiger partial charge < -0.3 is 5.32 Å². The number of anilines is 1. The Labute approximate surface area is 141 Å². The van der Waals surface area contributed by atoms with Crippen LogP contribution in [0.4, 0.5) is 5.69 Å². The summed E-state index contributed by atoms with van der Waals surface area (Å²) in [6, 6.07) is 7.65. The van der Waals surface area contributed by atoms with Crippen LogP contribution in [0.15, 0.2) is 35.1 Å². The molecule has 2 heterocycles. The van der Waals surface area contributed by atoms with Gasteiger partial charge in [0.2, 0.25) is 0 Å². The Hall–Kier alpha value is -3.00. The van der Waals surface area contributed by atoms with Gasteiger partial charge in [0.1, 0.15) is 11.5 Å². The first kappa shape index (κ1) is 15.9. The van der Waals surface area contributed by atoms with Crippen molar-refractivity contribution in [1.82, 2.24) is 25.0 Å². The zero-order valence-corrected chi connectivity index (χ0v) is 13.6. The molecule has 2 aromatic heterocycles. The van der Waals surface area contributed by atoms with Gasteiger partial charge in [0.25, 0.3) is 11.5 Å². The molecule has 1 aromatic carbocycles. The molecule has 0 atom stereocenters. The van der Waals surface area contributed by atoms with Crippen LogP contribution in [-0.4, -0.2) is 30.9 Å². The molecular weight excluding hydrogens is 332 g/mol.